The van der Waals surface area contributed by atoms with E-state index in [-0.39, 0.29) is 23.9 Å². The van der Waals surface area contributed by atoms with Gasteiger partial charge in [0.1, 0.15) is 30.0 Å². The van der Waals surface area contributed by atoms with Crippen molar-refractivity contribution in [3.05, 3.63) is 81.9 Å². The van der Waals surface area contributed by atoms with Gasteiger partial charge in [-0.25, -0.2) is 18.4 Å². The zero-order valence-corrected chi connectivity index (χ0v) is 22.5. The van der Waals surface area contributed by atoms with Crippen LogP contribution in [0.25, 0.3) is 0 Å². The Morgan fingerprint density at radius 3 is 2.42 bits per heavy atom. The van der Waals surface area contributed by atoms with Crippen molar-refractivity contribution in [2.45, 2.75) is 51.9 Å². The molecule has 0 amide bonds. The molecule has 0 aliphatic heterocycles. The summed E-state index contributed by atoms with van der Waals surface area (Å²) >= 11 is 6.48. The minimum atomic E-state index is -3.21. The fourth-order valence-electron chi connectivity index (χ4n) is 3.57. The van der Waals surface area contributed by atoms with E-state index in [0.717, 1.165) is 17.5 Å². The fraction of sp³-hybridized carbons (Fsp3) is 0.370. The van der Waals surface area contributed by atoms with E-state index in [2.05, 4.69) is 29.9 Å². The van der Waals surface area contributed by atoms with Crippen LogP contribution in [0.3, 0.4) is 0 Å². The van der Waals surface area contributed by atoms with Crippen molar-refractivity contribution in [3.8, 4) is 17.6 Å². The van der Waals surface area contributed by atoms with Crippen molar-refractivity contribution in [2.24, 2.45) is 0 Å². The van der Waals surface area contributed by atoms with Crippen molar-refractivity contribution in [2.75, 3.05) is 12.4 Å². The highest BCUT2D eigenvalue weighted by molar-refractivity contribution is 7.90. The molecule has 0 saturated heterocycles. The van der Waals surface area contributed by atoms with Crippen molar-refractivity contribution in [3.63, 3.8) is 0 Å². The SMILES string of the molecule is CCCOc1c(Cl)cc(C(C)(C)c2ccc(OCc3ccnc(CS(=O)(=O)CC)n3)cc2)cc1C#N. The molecule has 0 N–H and O–H groups in total. The summed E-state index contributed by atoms with van der Waals surface area (Å²) < 4.78 is 35.2. The second-order valence-electron chi connectivity index (χ2n) is 8.87. The molecular formula is C27H30ClN3O4S. The number of hydrogen-bond donors (Lipinski definition) is 0. The molecule has 2 aromatic carbocycles. The lowest BCUT2D eigenvalue weighted by atomic mass is 9.77. The van der Waals surface area contributed by atoms with Crippen molar-refractivity contribution in [1.82, 2.24) is 9.97 Å². The number of sulfone groups is 1. The lowest BCUT2D eigenvalue weighted by Gasteiger charge is -2.27. The molecule has 36 heavy (non-hydrogen) atoms. The quantitative estimate of drug-likeness (QED) is 0.318. The summed E-state index contributed by atoms with van der Waals surface area (Å²) in [5.74, 6) is 1.18. The molecule has 0 spiro atoms. The molecule has 0 fully saturated rings. The third-order valence-electron chi connectivity index (χ3n) is 5.85. The third kappa shape index (κ3) is 6.74. The van der Waals surface area contributed by atoms with E-state index in [1.54, 1.807) is 13.0 Å². The Bertz CT molecular complexity index is 1350. The van der Waals surface area contributed by atoms with Crippen LogP contribution in [0, 0.1) is 11.3 Å². The number of rotatable bonds is 11. The molecule has 0 atom stereocenters. The molecule has 9 heteroatoms. The van der Waals surface area contributed by atoms with Crippen LogP contribution in [0.5, 0.6) is 11.5 Å². The van der Waals surface area contributed by atoms with Gasteiger partial charge in [0.05, 0.1) is 22.9 Å². The first-order valence-electron chi connectivity index (χ1n) is 11.7. The number of hydrogen-bond acceptors (Lipinski definition) is 7. The zero-order valence-electron chi connectivity index (χ0n) is 20.9. The maximum Gasteiger partial charge on any atom is 0.157 e. The number of ether oxygens (including phenoxy) is 2. The van der Waals surface area contributed by atoms with E-state index >= 15 is 0 Å². The van der Waals surface area contributed by atoms with Gasteiger partial charge in [-0.1, -0.05) is 51.4 Å². The van der Waals surface area contributed by atoms with Crippen molar-refractivity contribution < 1.29 is 17.9 Å². The molecule has 0 radical (unpaired) electrons. The molecule has 0 unspecified atom stereocenters. The third-order valence-corrected chi connectivity index (χ3v) is 7.71. The van der Waals surface area contributed by atoms with Crippen molar-refractivity contribution in [1.29, 1.82) is 5.26 Å². The maximum absolute atomic E-state index is 11.8. The molecule has 190 valence electrons. The Kier molecular flexibility index (Phi) is 8.93. The summed E-state index contributed by atoms with van der Waals surface area (Å²) in [6, 6.07) is 15.2. The lowest BCUT2D eigenvalue weighted by Crippen LogP contribution is -2.19. The lowest BCUT2D eigenvalue weighted by molar-refractivity contribution is 0.300. The maximum atomic E-state index is 11.8. The highest BCUT2D eigenvalue weighted by Gasteiger charge is 2.26. The molecule has 3 aromatic rings. The summed E-state index contributed by atoms with van der Waals surface area (Å²) in [5.41, 5.74) is 2.50. The minimum Gasteiger partial charge on any atom is -0.491 e. The van der Waals surface area contributed by atoms with E-state index < -0.39 is 15.3 Å². The van der Waals surface area contributed by atoms with Gasteiger partial charge in [0.2, 0.25) is 0 Å². The molecule has 0 aliphatic carbocycles. The monoisotopic (exact) mass is 527 g/mol. The van der Waals surface area contributed by atoms with Crippen LogP contribution in [-0.4, -0.2) is 30.7 Å². The summed E-state index contributed by atoms with van der Waals surface area (Å²) in [7, 11) is -3.21. The summed E-state index contributed by atoms with van der Waals surface area (Å²) in [5, 5.41) is 10.1. The average Bonchev–Trinajstić information content (AvgIpc) is 2.86. The van der Waals surface area contributed by atoms with E-state index in [4.69, 9.17) is 21.1 Å². The van der Waals surface area contributed by atoms with Crippen LogP contribution in [0.4, 0.5) is 0 Å². The number of benzene rings is 2. The molecule has 1 aromatic heterocycles. The van der Waals surface area contributed by atoms with Crippen LogP contribution in [0.2, 0.25) is 5.02 Å². The topological polar surface area (TPSA) is 102 Å². The van der Waals surface area contributed by atoms with E-state index in [1.165, 1.54) is 6.20 Å². The van der Waals surface area contributed by atoms with Crippen molar-refractivity contribution >= 4 is 21.4 Å². The normalized spacial score (nSPS) is 11.7. The summed E-state index contributed by atoms with van der Waals surface area (Å²) in [6.07, 6.45) is 2.36. The highest BCUT2D eigenvalue weighted by Crippen LogP contribution is 2.38. The van der Waals surface area contributed by atoms with E-state index in [9.17, 15) is 13.7 Å². The largest absolute Gasteiger partial charge is 0.491 e. The number of halogens is 1. The standard InChI is InChI=1S/C27H30ClN3O4S/c1-5-13-34-26-19(16-29)14-21(15-24(26)28)27(3,4)20-7-9-23(10-8-20)35-17-22-11-12-30-25(31-22)18-36(32,33)6-2/h7-12,14-15H,5-6,13,17-18H2,1-4H3. The van der Waals surface area contributed by atoms with Crippen LogP contribution < -0.4 is 9.47 Å². The van der Waals surface area contributed by atoms with Crippen LogP contribution >= 0.6 is 11.6 Å². The van der Waals surface area contributed by atoms with E-state index in [1.807, 2.05) is 43.3 Å². The van der Waals surface area contributed by atoms with Crippen LogP contribution in [0.15, 0.2) is 48.7 Å². The Labute approximate surface area is 218 Å². The zero-order chi connectivity index (χ0) is 26.3. The average molecular weight is 528 g/mol. The Morgan fingerprint density at radius 1 is 1.06 bits per heavy atom. The highest BCUT2D eigenvalue weighted by atomic mass is 35.5. The van der Waals surface area contributed by atoms with Gasteiger partial charge in [-0.15, -0.1) is 0 Å². The first-order valence-corrected chi connectivity index (χ1v) is 13.9. The van der Waals surface area contributed by atoms with Gasteiger partial charge in [-0.05, 0) is 47.9 Å². The van der Waals surface area contributed by atoms with Gasteiger partial charge in [-0.3, -0.25) is 0 Å². The van der Waals surface area contributed by atoms with Gasteiger partial charge in [0.15, 0.2) is 15.6 Å². The predicted octanol–water partition coefficient (Wildman–Crippen LogP) is 5.63. The second-order valence-corrected chi connectivity index (χ2v) is 11.6. The Hall–Kier alpha value is -3.15. The van der Waals surface area contributed by atoms with Crippen LogP contribution in [-0.2, 0) is 27.6 Å². The first-order chi connectivity index (χ1) is 17.1. The van der Waals surface area contributed by atoms with Gasteiger partial charge in [0.25, 0.3) is 0 Å². The number of nitriles is 1. The molecule has 3 rings (SSSR count). The number of aromatic nitrogens is 2. The van der Waals surface area contributed by atoms with Crippen LogP contribution in [0.1, 0.15) is 62.3 Å². The summed E-state index contributed by atoms with van der Waals surface area (Å²) in [6.45, 7) is 8.40. The molecule has 1 heterocycles. The predicted molar refractivity (Wildman–Crippen MR) is 140 cm³/mol. The first kappa shape index (κ1) is 27.4. The van der Waals surface area contributed by atoms with Gasteiger partial charge in [-0.2, -0.15) is 5.26 Å². The minimum absolute atomic E-state index is 0.0423. The van der Waals surface area contributed by atoms with Gasteiger partial charge >= 0.3 is 0 Å². The van der Waals surface area contributed by atoms with E-state index in [0.29, 0.717) is 34.4 Å². The molecule has 7 nitrogen and oxygen atoms in total. The van der Waals surface area contributed by atoms with Gasteiger partial charge < -0.3 is 9.47 Å². The molecular weight excluding hydrogens is 498 g/mol. The molecule has 0 saturated carbocycles. The second kappa shape index (κ2) is 11.7. The number of nitrogens with zero attached hydrogens (tertiary/aromatic N) is 3. The molecule has 0 bridgehead atoms. The Morgan fingerprint density at radius 2 is 1.78 bits per heavy atom. The summed E-state index contributed by atoms with van der Waals surface area (Å²) in [4.78, 5) is 8.35. The van der Waals surface area contributed by atoms with Gasteiger partial charge in [0, 0.05) is 17.4 Å². The fourth-order valence-corrected chi connectivity index (χ4v) is 4.58. The Balaban J connectivity index is 1.74. The molecule has 0 aliphatic rings. The smallest absolute Gasteiger partial charge is 0.157 e.